The minimum Gasteiger partial charge on any atom is -0.460 e. The number of anilines is 1. The number of halogens is 2. The van der Waals surface area contributed by atoms with E-state index in [0.717, 1.165) is 5.56 Å². The summed E-state index contributed by atoms with van der Waals surface area (Å²) in [6.45, 7) is -0.0831. The standard InChI is InChI=1S/C15H13BrFNO2/c16-12-5-4-11(14(17)8-12)9-20-15(19)7-10-2-1-3-13(18)6-10/h1-6,8H,7,9,18H2. The predicted octanol–water partition coefficient (Wildman–Crippen LogP) is 3.46. The van der Waals surface area contributed by atoms with E-state index < -0.39 is 11.8 Å². The van der Waals surface area contributed by atoms with Gasteiger partial charge < -0.3 is 10.5 Å². The molecule has 0 aliphatic carbocycles. The average molecular weight is 338 g/mol. The van der Waals surface area contributed by atoms with Crippen LogP contribution >= 0.6 is 15.9 Å². The lowest BCUT2D eigenvalue weighted by Crippen LogP contribution is -2.09. The van der Waals surface area contributed by atoms with E-state index in [4.69, 9.17) is 10.5 Å². The van der Waals surface area contributed by atoms with E-state index in [-0.39, 0.29) is 13.0 Å². The summed E-state index contributed by atoms with van der Waals surface area (Å²) in [4.78, 5) is 11.7. The number of benzene rings is 2. The highest BCUT2D eigenvalue weighted by atomic mass is 79.9. The molecule has 0 radical (unpaired) electrons. The lowest BCUT2D eigenvalue weighted by atomic mass is 10.1. The molecule has 0 saturated heterocycles. The van der Waals surface area contributed by atoms with Crippen LogP contribution in [0.15, 0.2) is 46.9 Å². The van der Waals surface area contributed by atoms with Crippen LogP contribution in [0.3, 0.4) is 0 Å². The highest BCUT2D eigenvalue weighted by Crippen LogP contribution is 2.16. The zero-order chi connectivity index (χ0) is 14.5. The smallest absolute Gasteiger partial charge is 0.310 e. The van der Waals surface area contributed by atoms with Gasteiger partial charge in [-0.05, 0) is 29.8 Å². The molecular formula is C15H13BrFNO2. The van der Waals surface area contributed by atoms with Crippen LogP contribution in [0, 0.1) is 5.82 Å². The summed E-state index contributed by atoms with van der Waals surface area (Å²) in [6.07, 6.45) is 0.114. The predicted molar refractivity (Wildman–Crippen MR) is 78.5 cm³/mol. The molecule has 0 atom stereocenters. The SMILES string of the molecule is Nc1cccc(CC(=O)OCc2ccc(Br)cc2F)c1. The van der Waals surface area contributed by atoms with E-state index >= 15 is 0 Å². The highest BCUT2D eigenvalue weighted by molar-refractivity contribution is 9.10. The first kappa shape index (κ1) is 14.5. The van der Waals surface area contributed by atoms with Crippen LogP contribution in [0.5, 0.6) is 0 Å². The number of esters is 1. The van der Waals surface area contributed by atoms with Gasteiger partial charge in [-0.15, -0.1) is 0 Å². The van der Waals surface area contributed by atoms with Gasteiger partial charge in [0, 0.05) is 15.7 Å². The molecule has 2 rings (SSSR count). The topological polar surface area (TPSA) is 52.3 Å². The summed E-state index contributed by atoms with van der Waals surface area (Å²) in [5.41, 5.74) is 7.33. The molecule has 0 heterocycles. The molecule has 0 amide bonds. The first-order valence-electron chi connectivity index (χ1n) is 5.98. The van der Waals surface area contributed by atoms with Crippen molar-refractivity contribution < 1.29 is 13.9 Å². The summed E-state index contributed by atoms with van der Waals surface area (Å²) in [6, 6.07) is 11.6. The number of hydrogen-bond acceptors (Lipinski definition) is 3. The fourth-order valence-electron chi connectivity index (χ4n) is 1.72. The molecule has 0 bridgehead atoms. The van der Waals surface area contributed by atoms with Crippen molar-refractivity contribution in [1.29, 1.82) is 0 Å². The van der Waals surface area contributed by atoms with Gasteiger partial charge >= 0.3 is 5.97 Å². The van der Waals surface area contributed by atoms with Crippen LogP contribution in [-0.2, 0) is 22.6 Å². The van der Waals surface area contributed by atoms with Crippen molar-refractivity contribution in [2.24, 2.45) is 0 Å². The van der Waals surface area contributed by atoms with Gasteiger partial charge in [-0.3, -0.25) is 4.79 Å². The van der Waals surface area contributed by atoms with Crippen LogP contribution in [0.2, 0.25) is 0 Å². The first-order valence-corrected chi connectivity index (χ1v) is 6.78. The molecule has 3 nitrogen and oxygen atoms in total. The summed E-state index contributed by atoms with van der Waals surface area (Å²) in [7, 11) is 0. The third-order valence-corrected chi connectivity index (χ3v) is 3.20. The van der Waals surface area contributed by atoms with Crippen molar-refractivity contribution in [2.45, 2.75) is 13.0 Å². The second kappa shape index (κ2) is 6.52. The largest absolute Gasteiger partial charge is 0.460 e. The molecule has 2 N–H and O–H groups in total. The second-order valence-corrected chi connectivity index (χ2v) is 5.23. The van der Waals surface area contributed by atoms with Gasteiger partial charge in [-0.2, -0.15) is 0 Å². The molecule has 0 aliphatic rings. The van der Waals surface area contributed by atoms with Gasteiger partial charge in [0.1, 0.15) is 12.4 Å². The van der Waals surface area contributed by atoms with Crippen LogP contribution < -0.4 is 5.73 Å². The van der Waals surface area contributed by atoms with E-state index in [9.17, 15) is 9.18 Å². The Bertz CT molecular complexity index is 631. The van der Waals surface area contributed by atoms with E-state index in [1.54, 1.807) is 36.4 Å². The van der Waals surface area contributed by atoms with Crippen molar-refractivity contribution in [3.63, 3.8) is 0 Å². The van der Waals surface area contributed by atoms with Gasteiger partial charge in [-0.1, -0.05) is 34.1 Å². The summed E-state index contributed by atoms with van der Waals surface area (Å²) < 4.78 is 19.2. The van der Waals surface area contributed by atoms with Crippen LogP contribution in [0.25, 0.3) is 0 Å². The van der Waals surface area contributed by atoms with Gasteiger partial charge in [0.25, 0.3) is 0 Å². The van der Waals surface area contributed by atoms with E-state index in [1.807, 2.05) is 0 Å². The number of carbonyl (C=O) groups excluding carboxylic acids is 1. The minimum absolute atomic E-state index is 0.0831. The molecule has 2 aromatic carbocycles. The molecular weight excluding hydrogens is 325 g/mol. The quantitative estimate of drug-likeness (QED) is 0.686. The van der Waals surface area contributed by atoms with E-state index in [1.165, 1.54) is 6.07 Å². The Labute approximate surface area is 124 Å². The fraction of sp³-hybridized carbons (Fsp3) is 0.133. The number of hydrogen-bond donors (Lipinski definition) is 1. The number of nitrogens with two attached hydrogens (primary N) is 1. The van der Waals surface area contributed by atoms with Crippen LogP contribution in [0.4, 0.5) is 10.1 Å². The summed E-state index contributed by atoms with van der Waals surface area (Å²) in [5.74, 6) is -0.825. The van der Waals surface area contributed by atoms with Crippen LogP contribution in [0.1, 0.15) is 11.1 Å². The third-order valence-electron chi connectivity index (χ3n) is 2.70. The Morgan fingerprint density at radius 1 is 1.25 bits per heavy atom. The number of ether oxygens (including phenoxy) is 1. The normalized spacial score (nSPS) is 10.3. The monoisotopic (exact) mass is 337 g/mol. The Morgan fingerprint density at radius 3 is 2.75 bits per heavy atom. The molecule has 5 heteroatoms. The maximum absolute atomic E-state index is 13.5. The van der Waals surface area contributed by atoms with Gasteiger partial charge in [0.2, 0.25) is 0 Å². The van der Waals surface area contributed by atoms with Gasteiger partial charge in [-0.25, -0.2) is 4.39 Å². The molecule has 0 aromatic heterocycles. The Kier molecular flexibility index (Phi) is 4.74. The molecule has 0 aliphatic heterocycles. The molecule has 20 heavy (non-hydrogen) atoms. The number of nitrogen functional groups attached to an aromatic ring is 1. The second-order valence-electron chi connectivity index (χ2n) is 4.32. The van der Waals surface area contributed by atoms with Crippen molar-refractivity contribution >= 4 is 27.6 Å². The molecule has 0 fully saturated rings. The van der Waals surface area contributed by atoms with Crippen molar-refractivity contribution in [2.75, 3.05) is 5.73 Å². The Morgan fingerprint density at radius 2 is 2.05 bits per heavy atom. The third kappa shape index (κ3) is 4.06. The fourth-order valence-corrected chi connectivity index (χ4v) is 2.05. The highest BCUT2D eigenvalue weighted by Gasteiger charge is 2.08. The number of carbonyl (C=O) groups is 1. The molecule has 0 spiro atoms. The van der Waals surface area contributed by atoms with Crippen LogP contribution in [-0.4, -0.2) is 5.97 Å². The Hall–Kier alpha value is -1.88. The zero-order valence-electron chi connectivity index (χ0n) is 10.6. The van der Waals surface area contributed by atoms with E-state index in [0.29, 0.717) is 15.7 Å². The lowest BCUT2D eigenvalue weighted by Gasteiger charge is -2.07. The number of rotatable bonds is 4. The van der Waals surface area contributed by atoms with E-state index in [2.05, 4.69) is 15.9 Å². The van der Waals surface area contributed by atoms with Gasteiger partial charge in [0.05, 0.1) is 6.42 Å². The van der Waals surface area contributed by atoms with Crippen molar-refractivity contribution in [3.8, 4) is 0 Å². The zero-order valence-corrected chi connectivity index (χ0v) is 12.2. The average Bonchev–Trinajstić information content (AvgIpc) is 2.37. The molecule has 104 valence electrons. The maximum atomic E-state index is 13.5. The maximum Gasteiger partial charge on any atom is 0.310 e. The van der Waals surface area contributed by atoms with Gasteiger partial charge in [0.15, 0.2) is 0 Å². The first-order chi connectivity index (χ1) is 9.54. The molecule has 0 unspecified atom stereocenters. The summed E-state index contributed by atoms with van der Waals surface area (Å²) in [5, 5.41) is 0. The molecule has 2 aromatic rings. The molecule has 0 saturated carbocycles. The Balaban J connectivity index is 1.92. The van der Waals surface area contributed by atoms with Crippen molar-refractivity contribution in [3.05, 3.63) is 63.9 Å². The minimum atomic E-state index is -0.419. The summed E-state index contributed by atoms with van der Waals surface area (Å²) >= 11 is 3.17. The van der Waals surface area contributed by atoms with Crippen molar-refractivity contribution in [1.82, 2.24) is 0 Å². The lowest BCUT2D eigenvalue weighted by molar-refractivity contribution is -0.144.